The largest absolute Gasteiger partial charge is 0.417 e. The van der Waals surface area contributed by atoms with Crippen molar-refractivity contribution in [2.45, 2.75) is 235 Å². The van der Waals surface area contributed by atoms with Gasteiger partial charge in [-0.3, -0.25) is 0 Å². The van der Waals surface area contributed by atoms with Crippen LogP contribution in [0.5, 0.6) is 0 Å². The lowest BCUT2D eigenvalue weighted by Gasteiger charge is -2.59. The quantitative estimate of drug-likeness (QED) is 0.137. The molecule has 9 rings (SSSR count). The summed E-state index contributed by atoms with van der Waals surface area (Å²) in [5, 5.41) is 39.8. The van der Waals surface area contributed by atoms with Gasteiger partial charge >= 0.3 is 24.7 Å². The Morgan fingerprint density at radius 2 is 0.987 bits per heavy atom. The molecule has 6 saturated carbocycles. The van der Waals surface area contributed by atoms with Crippen molar-refractivity contribution >= 4 is 9.84 Å². The second-order valence-electron chi connectivity index (χ2n) is 27.9. The van der Waals surface area contributed by atoms with E-state index in [4.69, 9.17) is 0 Å². The summed E-state index contributed by atoms with van der Waals surface area (Å²) in [6, 6.07) is 7.43. The SMILES string of the molecule is C[C@H](C(C[C@](C)(O)C(F)(F)F)S(=O)(=O)c1ccccc1)[C@H]1CC[C@H]2[C@@H]3CC=C4C[C@](O)(C(F)(F)F)CC[C@]4(C)[C@H]3CC[C@]12C.C[C@H](CC[C@](C)(O)C(F)(F)F)[C@H]1CC[C@H]2[C@@H]3CC=C4C[C@](O)(C(F)(F)F)CC[C@]4(C)[C@H]3CC[C@]12C. The third-order valence-electron chi connectivity index (χ3n) is 23.8. The monoisotopic (exact) mass is 1160 g/mol. The van der Waals surface area contributed by atoms with E-state index in [2.05, 4.69) is 20.8 Å². The van der Waals surface area contributed by atoms with Crippen LogP contribution in [-0.4, -0.2) is 81.2 Å². The van der Waals surface area contributed by atoms with Gasteiger partial charge in [0.2, 0.25) is 0 Å². The number of hydrogen-bond acceptors (Lipinski definition) is 6. The first-order valence-corrected chi connectivity index (χ1v) is 30.3. The third-order valence-corrected chi connectivity index (χ3v) is 26.1. The molecule has 0 saturated heterocycles. The molecular weight excluding hydrogens is 1080 g/mol. The maximum atomic E-state index is 14.0. The summed E-state index contributed by atoms with van der Waals surface area (Å²) in [5.74, 6) is 0.845. The van der Waals surface area contributed by atoms with Gasteiger partial charge in [-0.15, -0.1) is 0 Å². The molecule has 0 aromatic heterocycles. The van der Waals surface area contributed by atoms with Crippen molar-refractivity contribution in [1.29, 1.82) is 0 Å². The molecule has 1 aromatic rings. The van der Waals surface area contributed by atoms with Gasteiger partial charge in [-0.25, -0.2) is 8.42 Å². The first-order valence-electron chi connectivity index (χ1n) is 28.8. The topological polar surface area (TPSA) is 115 Å². The van der Waals surface area contributed by atoms with Crippen molar-refractivity contribution in [2.75, 3.05) is 0 Å². The first kappa shape index (κ1) is 62.7. The summed E-state index contributed by atoms with van der Waals surface area (Å²) in [7, 11) is -4.25. The fraction of sp³-hybridized carbons (Fsp3) is 0.833. The van der Waals surface area contributed by atoms with E-state index in [1.54, 1.807) is 13.0 Å². The molecule has 0 heterocycles. The van der Waals surface area contributed by atoms with E-state index < -0.39 is 86.4 Å². The zero-order valence-corrected chi connectivity index (χ0v) is 47.7. The van der Waals surface area contributed by atoms with Crippen LogP contribution in [0.3, 0.4) is 0 Å². The van der Waals surface area contributed by atoms with Crippen LogP contribution >= 0.6 is 0 Å². The first-order chi connectivity index (χ1) is 35.9. The van der Waals surface area contributed by atoms with Crippen LogP contribution in [0.4, 0.5) is 52.7 Å². The fourth-order valence-corrected chi connectivity index (χ4v) is 20.8. The van der Waals surface area contributed by atoms with E-state index in [-0.39, 0.29) is 94.7 Å². The maximum absolute atomic E-state index is 14.0. The van der Waals surface area contributed by atoms with Crippen LogP contribution in [-0.2, 0) is 9.84 Å². The number of rotatable bonds is 10. The molecule has 1 unspecified atom stereocenters. The number of benzene rings is 1. The van der Waals surface area contributed by atoms with Crippen LogP contribution in [0.2, 0.25) is 0 Å². The summed E-state index contributed by atoms with van der Waals surface area (Å²) in [4.78, 5) is -0.0766. The van der Waals surface area contributed by atoms with E-state index in [9.17, 15) is 81.5 Å². The third kappa shape index (κ3) is 10.6. The second kappa shape index (κ2) is 20.4. The highest BCUT2D eigenvalue weighted by atomic mass is 32.2. The van der Waals surface area contributed by atoms with Gasteiger partial charge in [-0.2, -0.15) is 52.7 Å². The molecule has 8 aliphatic rings. The minimum atomic E-state index is -5.02. The molecule has 0 radical (unpaired) electrons. The Balaban J connectivity index is 0.000000214. The van der Waals surface area contributed by atoms with Crippen LogP contribution < -0.4 is 0 Å². The number of fused-ring (bicyclic) bond motifs is 10. The van der Waals surface area contributed by atoms with Crippen molar-refractivity contribution in [2.24, 2.45) is 80.8 Å². The second-order valence-corrected chi connectivity index (χ2v) is 30.1. The number of alkyl halides is 12. The lowest BCUT2D eigenvalue weighted by atomic mass is 9.46. The lowest BCUT2D eigenvalue weighted by Crippen LogP contribution is -2.56. The Morgan fingerprint density at radius 3 is 1.41 bits per heavy atom. The Bertz CT molecular complexity index is 2560. The number of aliphatic hydroxyl groups is 4. The zero-order valence-electron chi connectivity index (χ0n) is 46.9. The fourth-order valence-electron chi connectivity index (χ4n) is 18.6. The summed E-state index contributed by atoms with van der Waals surface area (Å²) < 4.78 is 191. The van der Waals surface area contributed by atoms with Crippen LogP contribution in [0.25, 0.3) is 0 Å². The molecule has 0 bridgehead atoms. The van der Waals surface area contributed by atoms with Crippen molar-refractivity contribution in [3.05, 3.63) is 53.6 Å². The molecule has 19 heteroatoms. The van der Waals surface area contributed by atoms with E-state index in [1.807, 2.05) is 26.0 Å². The van der Waals surface area contributed by atoms with Crippen LogP contribution in [0, 0.1) is 80.8 Å². The molecular formula is C60H84F12O6S. The highest BCUT2D eigenvalue weighted by Crippen LogP contribution is 2.71. The standard InChI is InChI=1S/C33H44F6O4S.C27H40F6O2/c1-20(27(19-30(4,40)32(34,35)36)44(42,43)22-8-6-5-7-9-22)24-12-13-25-23-11-10-21-18-31(41,33(37,38)39)17-16-28(21,2)26(23)14-15-29(24,25)3;1-16(9-12-24(4,34)26(28,29)30)19-7-8-20-18-6-5-17-15-25(35,27(31,32)33)14-13-22(17,2)21(18)10-11-23(19,20)3/h5-10,20,23-27,40-41H,11-19H2,1-4H3;5,16,18-21,34-35H,6-15H2,1-4H3/t20-,23-,24+,25-,26-,27?,28-,29+,30-,31-;16-,18+,19-,20+,21+,22+,23-,24+,25+/m01/s1. The van der Waals surface area contributed by atoms with E-state index in [0.717, 1.165) is 51.0 Å². The molecule has 0 spiro atoms. The summed E-state index contributed by atoms with van der Waals surface area (Å²) in [6.45, 7) is 13.7. The average Bonchev–Trinajstić information content (AvgIpc) is 4.17. The van der Waals surface area contributed by atoms with Gasteiger partial charge in [0.05, 0.1) is 10.1 Å². The van der Waals surface area contributed by atoms with Gasteiger partial charge in [-0.05, 0) is 210 Å². The van der Waals surface area contributed by atoms with Gasteiger partial charge < -0.3 is 20.4 Å². The average molecular weight is 1160 g/mol. The summed E-state index contributed by atoms with van der Waals surface area (Å²) in [5.41, 5.74) is -11.0. The Hall–Kier alpha value is -2.35. The summed E-state index contributed by atoms with van der Waals surface area (Å²) in [6.07, 6.45) is -9.11. The Kier molecular flexibility index (Phi) is 16.2. The molecule has 79 heavy (non-hydrogen) atoms. The highest BCUT2D eigenvalue weighted by Gasteiger charge is 2.67. The molecule has 6 fully saturated rings. The normalized spacial score (nSPS) is 41.4. The molecule has 0 aliphatic heterocycles. The molecule has 6 nitrogen and oxygen atoms in total. The Labute approximate surface area is 459 Å². The van der Waals surface area contributed by atoms with Crippen molar-refractivity contribution < 1.29 is 81.5 Å². The smallest absolute Gasteiger partial charge is 0.381 e. The van der Waals surface area contributed by atoms with Crippen molar-refractivity contribution in [3.8, 4) is 0 Å². The Morgan fingerprint density at radius 1 is 0.570 bits per heavy atom. The van der Waals surface area contributed by atoms with Gasteiger partial charge in [-0.1, -0.05) is 83.0 Å². The van der Waals surface area contributed by atoms with Gasteiger partial charge in [0.25, 0.3) is 0 Å². The predicted molar refractivity (Wildman–Crippen MR) is 275 cm³/mol. The van der Waals surface area contributed by atoms with E-state index in [1.165, 1.54) is 24.3 Å². The maximum Gasteiger partial charge on any atom is 0.417 e. The molecule has 8 aliphatic carbocycles. The molecule has 0 amide bonds. The zero-order chi connectivity index (χ0) is 59.0. The van der Waals surface area contributed by atoms with E-state index >= 15 is 0 Å². The van der Waals surface area contributed by atoms with Crippen molar-refractivity contribution in [1.82, 2.24) is 0 Å². The van der Waals surface area contributed by atoms with Gasteiger partial charge in [0.1, 0.15) is 0 Å². The molecule has 450 valence electrons. The van der Waals surface area contributed by atoms with Crippen LogP contribution in [0.15, 0.2) is 58.5 Å². The summed E-state index contributed by atoms with van der Waals surface area (Å²) >= 11 is 0. The molecule has 4 N–H and O–H groups in total. The number of halogens is 12. The number of hydrogen-bond donors (Lipinski definition) is 4. The van der Waals surface area contributed by atoms with E-state index in [0.29, 0.717) is 62.9 Å². The molecule has 1 aromatic carbocycles. The lowest BCUT2D eigenvalue weighted by molar-refractivity contribution is -0.271. The predicted octanol–water partition coefficient (Wildman–Crippen LogP) is 15.6. The number of sulfone groups is 1. The van der Waals surface area contributed by atoms with Gasteiger partial charge in [0.15, 0.2) is 32.2 Å². The van der Waals surface area contributed by atoms with Crippen LogP contribution in [0.1, 0.15) is 177 Å². The highest BCUT2D eigenvalue weighted by molar-refractivity contribution is 7.92. The van der Waals surface area contributed by atoms with Gasteiger partial charge in [0, 0.05) is 19.3 Å². The number of allylic oxidation sites excluding steroid dienone is 2. The molecule has 19 atom stereocenters. The van der Waals surface area contributed by atoms with Crippen molar-refractivity contribution in [3.63, 3.8) is 0 Å². The minimum absolute atomic E-state index is 0.00620. The minimum Gasteiger partial charge on any atom is -0.381 e.